The van der Waals surface area contributed by atoms with Crippen LogP contribution in [0.2, 0.25) is 0 Å². The fourth-order valence-electron chi connectivity index (χ4n) is 4.34. The predicted octanol–water partition coefficient (Wildman–Crippen LogP) is 6.83. The molecular weight excluding hydrogens is 460 g/mol. The SMILES string of the molecule is BrC1=Cc2c(n(-c3cc(-c4ccccc4)nc(-c4ccccc4)n3)c3cccnc23)CC1. The summed E-state index contributed by atoms with van der Waals surface area (Å²) in [5.74, 6) is 1.58. The number of aromatic nitrogens is 4. The van der Waals surface area contributed by atoms with Gasteiger partial charge in [0.2, 0.25) is 0 Å². The highest BCUT2D eigenvalue weighted by atomic mass is 79.9. The third-order valence-electron chi connectivity index (χ3n) is 5.81. The van der Waals surface area contributed by atoms with Crippen LogP contribution in [0.1, 0.15) is 17.7 Å². The number of allylic oxidation sites excluding steroid dienone is 1. The van der Waals surface area contributed by atoms with Crippen LogP contribution in [0, 0.1) is 0 Å². The van der Waals surface area contributed by atoms with Crippen molar-refractivity contribution >= 4 is 33.0 Å². The summed E-state index contributed by atoms with van der Waals surface area (Å²) in [7, 11) is 0. The van der Waals surface area contributed by atoms with Gasteiger partial charge in [0.25, 0.3) is 0 Å². The lowest BCUT2D eigenvalue weighted by molar-refractivity contribution is 0.864. The number of rotatable bonds is 3. The monoisotopic (exact) mass is 478 g/mol. The molecule has 0 fully saturated rings. The van der Waals surface area contributed by atoms with Gasteiger partial charge in [0.15, 0.2) is 5.82 Å². The molecule has 3 aromatic heterocycles. The fourth-order valence-corrected chi connectivity index (χ4v) is 4.76. The van der Waals surface area contributed by atoms with Crippen LogP contribution in [0.25, 0.3) is 45.6 Å². The fraction of sp³-hybridized carbons (Fsp3) is 0.0741. The lowest BCUT2D eigenvalue weighted by Gasteiger charge is -2.16. The van der Waals surface area contributed by atoms with E-state index in [1.54, 1.807) is 0 Å². The minimum atomic E-state index is 0.717. The molecule has 0 unspecified atom stereocenters. The van der Waals surface area contributed by atoms with Gasteiger partial charge in [-0.05, 0) is 35.5 Å². The molecule has 0 atom stereocenters. The first-order valence-corrected chi connectivity index (χ1v) is 11.4. The van der Waals surface area contributed by atoms with Crippen LogP contribution in [0.15, 0.2) is 89.5 Å². The molecule has 0 saturated carbocycles. The summed E-state index contributed by atoms with van der Waals surface area (Å²) < 4.78 is 3.46. The summed E-state index contributed by atoms with van der Waals surface area (Å²) in [4.78, 5) is 14.7. The van der Waals surface area contributed by atoms with E-state index in [2.05, 4.69) is 63.0 Å². The molecule has 0 N–H and O–H groups in total. The van der Waals surface area contributed by atoms with Crippen molar-refractivity contribution in [1.29, 1.82) is 0 Å². The Morgan fingerprint density at radius 1 is 0.781 bits per heavy atom. The highest BCUT2D eigenvalue weighted by Gasteiger charge is 2.23. The van der Waals surface area contributed by atoms with E-state index in [0.29, 0.717) is 5.82 Å². The standard InChI is InChI=1S/C27H19BrN4/c28-20-13-14-23-21(16-20)26-24(12-7-15-29-26)32(23)25-17-22(18-8-3-1-4-9-18)30-27(31-25)19-10-5-2-6-11-19/h1-12,15-17H,13-14H2. The molecule has 4 nitrogen and oxygen atoms in total. The van der Waals surface area contributed by atoms with Gasteiger partial charge in [-0.15, -0.1) is 0 Å². The summed E-state index contributed by atoms with van der Waals surface area (Å²) in [6.45, 7) is 0. The molecule has 154 valence electrons. The second-order valence-corrected chi connectivity index (χ2v) is 8.84. The van der Waals surface area contributed by atoms with Crippen molar-refractivity contribution in [2.24, 2.45) is 0 Å². The zero-order valence-electron chi connectivity index (χ0n) is 17.2. The lowest BCUT2D eigenvalue weighted by Crippen LogP contribution is -2.07. The number of fused-ring (bicyclic) bond motifs is 3. The normalized spacial score (nSPS) is 13.1. The van der Waals surface area contributed by atoms with Gasteiger partial charge in [-0.2, -0.15) is 0 Å². The maximum absolute atomic E-state index is 5.04. The number of nitrogens with zero attached hydrogens (tertiary/aromatic N) is 4. The van der Waals surface area contributed by atoms with Crippen LogP contribution in [0.3, 0.4) is 0 Å². The third kappa shape index (κ3) is 3.26. The smallest absolute Gasteiger partial charge is 0.162 e. The largest absolute Gasteiger partial charge is 0.296 e. The highest BCUT2D eigenvalue weighted by molar-refractivity contribution is 9.11. The molecule has 1 aliphatic carbocycles. The molecule has 0 saturated heterocycles. The Hall–Kier alpha value is -3.57. The molecule has 5 aromatic rings. The van der Waals surface area contributed by atoms with Gasteiger partial charge in [0.1, 0.15) is 5.82 Å². The quantitative estimate of drug-likeness (QED) is 0.285. The second kappa shape index (κ2) is 7.84. The van der Waals surface area contributed by atoms with Crippen LogP contribution in [0.4, 0.5) is 0 Å². The van der Waals surface area contributed by atoms with E-state index in [-0.39, 0.29) is 0 Å². The van der Waals surface area contributed by atoms with Gasteiger partial charge in [0.05, 0.1) is 16.7 Å². The third-order valence-corrected chi connectivity index (χ3v) is 6.43. The van der Waals surface area contributed by atoms with Crippen molar-refractivity contribution in [3.8, 4) is 28.5 Å². The highest BCUT2D eigenvalue weighted by Crippen LogP contribution is 2.36. The first-order chi connectivity index (χ1) is 15.8. The Morgan fingerprint density at radius 2 is 1.53 bits per heavy atom. The number of benzene rings is 2. The molecule has 6 rings (SSSR count). The van der Waals surface area contributed by atoms with Crippen molar-refractivity contribution in [2.45, 2.75) is 12.8 Å². The molecular formula is C27H19BrN4. The lowest BCUT2D eigenvalue weighted by atomic mass is 10.0. The van der Waals surface area contributed by atoms with E-state index >= 15 is 0 Å². The average molecular weight is 479 g/mol. The van der Waals surface area contributed by atoms with Crippen molar-refractivity contribution in [3.05, 3.63) is 101 Å². The van der Waals surface area contributed by atoms with Crippen molar-refractivity contribution in [2.75, 3.05) is 0 Å². The molecule has 0 amide bonds. The molecule has 5 heteroatoms. The van der Waals surface area contributed by atoms with Crippen LogP contribution in [-0.4, -0.2) is 19.5 Å². The van der Waals surface area contributed by atoms with Crippen LogP contribution >= 0.6 is 15.9 Å². The maximum atomic E-state index is 5.04. The molecule has 0 spiro atoms. The molecule has 0 aliphatic heterocycles. The van der Waals surface area contributed by atoms with Crippen LogP contribution < -0.4 is 0 Å². The minimum absolute atomic E-state index is 0.717. The van der Waals surface area contributed by atoms with Gasteiger partial charge in [-0.3, -0.25) is 9.55 Å². The van der Waals surface area contributed by atoms with E-state index in [4.69, 9.17) is 15.0 Å². The number of hydrogen-bond acceptors (Lipinski definition) is 3. The van der Waals surface area contributed by atoms with Gasteiger partial charge in [-0.1, -0.05) is 76.6 Å². The molecule has 3 heterocycles. The van der Waals surface area contributed by atoms with Gasteiger partial charge >= 0.3 is 0 Å². The average Bonchev–Trinajstić information content (AvgIpc) is 3.18. The molecule has 32 heavy (non-hydrogen) atoms. The van der Waals surface area contributed by atoms with Gasteiger partial charge in [-0.25, -0.2) is 9.97 Å². The molecule has 0 bridgehead atoms. The number of pyridine rings is 1. The van der Waals surface area contributed by atoms with Crippen molar-refractivity contribution in [3.63, 3.8) is 0 Å². The summed E-state index contributed by atoms with van der Waals surface area (Å²) in [6, 6.07) is 26.6. The summed E-state index contributed by atoms with van der Waals surface area (Å²) in [5.41, 5.74) is 7.44. The predicted molar refractivity (Wildman–Crippen MR) is 133 cm³/mol. The Labute approximate surface area is 194 Å². The molecule has 0 radical (unpaired) electrons. The minimum Gasteiger partial charge on any atom is -0.296 e. The van der Waals surface area contributed by atoms with Gasteiger partial charge < -0.3 is 0 Å². The Kier molecular flexibility index (Phi) is 4.69. The molecule has 1 aliphatic rings. The van der Waals surface area contributed by atoms with Crippen LogP contribution in [-0.2, 0) is 6.42 Å². The van der Waals surface area contributed by atoms with E-state index < -0.39 is 0 Å². The first kappa shape index (κ1) is 19.1. The zero-order chi connectivity index (χ0) is 21.5. The summed E-state index contributed by atoms with van der Waals surface area (Å²) in [6.07, 6.45) is 5.94. The Morgan fingerprint density at radius 3 is 2.31 bits per heavy atom. The summed E-state index contributed by atoms with van der Waals surface area (Å²) >= 11 is 3.69. The van der Waals surface area contributed by atoms with E-state index in [1.807, 2.05) is 48.7 Å². The first-order valence-electron chi connectivity index (χ1n) is 10.6. The van der Waals surface area contributed by atoms with E-state index in [0.717, 1.165) is 46.5 Å². The number of halogens is 1. The van der Waals surface area contributed by atoms with Crippen molar-refractivity contribution in [1.82, 2.24) is 19.5 Å². The number of hydrogen-bond donors (Lipinski definition) is 0. The second-order valence-electron chi connectivity index (χ2n) is 7.83. The Balaban J connectivity index is 1.66. The van der Waals surface area contributed by atoms with Crippen molar-refractivity contribution < 1.29 is 0 Å². The Bertz CT molecular complexity index is 1410. The zero-order valence-corrected chi connectivity index (χ0v) is 18.8. The maximum Gasteiger partial charge on any atom is 0.162 e. The summed E-state index contributed by atoms with van der Waals surface area (Å²) in [5, 5.41) is 0. The van der Waals surface area contributed by atoms with E-state index in [1.165, 1.54) is 15.7 Å². The molecule has 2 aromatic carbocycles. The van der Waals surface area contributed by atoms with Gasteiger partial charge in [0, 0.05) is 34.6 Å². The topological polar surface area (TPSA) is 43.6 Å². The van der Waals surface area contributed by atoms with E-state index in [9.17, 15) is 0 Å². The van der Waals surface area contributed by atoms with Crippen LogP contribution in [0.5, 0.6) is 0 Å².